The maximum atomic E-state index is 12.3. The molecule has 0 saturated carbocycles. The Morgan fingerprint density at radius 3 is 2.90 bits per heavy atom. The quantitative estimate of drug-likeness (QED) is 0.763. The fraction of sp³-hybridized carbons (Fsp3) is 0.333. The van der Waals surface area contributed by atoms with E-state index in [-0.39, 0.29) is 5.91 Å². The predicted octanol–water partition coefficient (Wildman–Crippen LogP) is 3.57. The highest BCUT2D eigenvalue weighted by atomic mass is 35.5. The van der Waals surface area contributed by atoms with Crippen molar-refractivity contribution in [2.45, 2.75) is 6.42 Å². The molecule has 0 spiro atoms. The van der Waals surface area contributed by atoms with E-state index in [0.717, 1.165) is 17.0 Å². The topological polar surface area (TPSA) is 42.4 Å². The highest BCUT2D eigenvalue weighted by Gasteiger charge is 2.16. The monoisotopic (exact) mass is 324 g/mol. The van der Waals surface area contributed by atoms with Gasteiger partial charge in [0.1, 0.15) is 9.88 Å². The molecule has 4 nitrogen and oxygen atoms in total. The molecule has 0 unspecified atom stereocenters. The molecule has 6 heteroatoms. The molecular weight excluding hydrogens is 308 g/mol. The van der Waals surface area contributed by atoms with Crippen LogP contribution in [-0.4, -0.2) is 43.1 Å². The fourth-order valence-electron chi connectivity index (χ4n) is 1.87. The number of nitrogens with zero attached hydrogens (tertiary/aromatic N) is 2. The van der Waals surface area contributed by atoms with Crippen LogP contribution < -0.4 is 0 Å². The smallest absolute Gasteiger partial charge is 0.265 e. The second kappa shape index (κ2) is 7.54. The van der Waals surface area contributed by atoms with Gasteiger partial charge in [-0.3, -0.25) is 4.79 Å². The summed E-state index contributed by atoms with van der Waals surface area (Å²) in [6.45, 7) is 1.30. The summed E-state index contributed by atoms with van der Waals surface area (Å²) in [6.07, 6.45) is 2.42. The van der Waals surface area contributed by atoms with Crippen molar-refractivity contribution in [1.29, 1.82) is 0 Å². The summed E-state index contributed by atoms with van der Waals surface area (Å²) in [5, 5.41) is 1.40. The van der Waals surface area contributed by atoms with Crippen molar-refractivity contribution in [3.8, 4) is 10.6 Å². The number of methoxy groups -OCH3 is 1. The average Bonchev–Trinajstić information content (AvgIpc) is 2.96. The largest absolute Gasteiger partial charge is 0.385 e. The van der Waals surface area contributed by atoms with E-state index in [9.17, 15) is 4.79 Å². The fourth-order valence-corrected chi connectivity index (χ4v) is 3.10. The van der Waals surface area contributed by atoms with Crippen LogP contribution >= 0.6 is 22.9 Å². The second-order valence-electron chi connectivity index (χ2n) is 4.58. The van der Waals surface area contributed by atoms with Gasteiger partial charge in [0, 0.05) is 32.9 Å². The number of carbonyl (C=O) groups is 1. The Morgan fingerprint density at radius 1 is 1.43 bits per heavy atom. The van der Waals surface area contributed by atoms with Crippen molar-refractivity contribution < 1.29 is 9.53 Å². The van der Waals surface area contributed by atoms with Crippen molar-refractivity contribution in [3.63, 3.8) is 0 Å². The lowest BCUT2D eigenvalue weighted by atomic mass is 10.2. The van der Waals surface area contributed by atoms with Crippen LogP contribution in [0.3, 0.4) is 0 Å². The van der Waals surface area contributed by atoms with Crippen molar-refractivity contribution in [2.75, 3.05) is 27.3 Å². The molecule has 0 atom stereocenters. The molecule has 0 aliphatic carbocycles. The summed E-state index contributed by atoms with van der Waals surface area (Å²) in [5.41, 5.74) is 0.852. The van der Waals surface area contributed by atoms with Crippen LogP contribution in [0, 0.1) is 0 Å². The first-order valence-corrected chi connectivity index (χ1v) is 7.78. The average molecular weight is 325 g/mol. The van der Waals surface area contributed by atoms with Gasteiger partial charge in [-0.2, -0.15) is 0 Å². The van der Waals surface area contributed by atoms with E-state index in [1.165, 1.54) is 11.3 Å². The van der Waals surface area contributed by atoms with Gasteiger partial charge in [0.15, 0.2) is 0 Å². The summed E-state index contributed by atoms with van der Waals surface area (Å²) >= 11 is 7.51. The Kier molecular flexibility index (Phi) is 5.73. The summed E-state index contributed by atoms with van der Waals surface area (Å²) in [5.74, 6) is -0.0260. The van der Waals surface area contributed by atoms with Gasteiger partial charge in [0.05, 0.1) is 11.2 Å². The first-order chi connectivity index (χ1) is 10.1. The minimum absolute atomic E-state index is 0.0260. The van der Waals surface area contributed by atoms with E-state index < -0.39 is 0 Å². The van der Waals surface area contributed by atoms with E-state index in [0.29, 0.717) is 23.1 Å². The first-order valence-electron chi connectivity index (χ1n) is 6.58. The summed E-state index contributed by atoms with van der Waals surface area (Å²) in [7, 11) is 3.44. The molecular formula is C15H17ClN2O2S. The summed E-state index contributed by atoms with van der Waals surface area (Å²) in [6, 6.07) is 7.49. The van der Waals surface area contributed by atoms with Crippen LogP contribution in [-0.2, 0) is 4.74 Å². The number of hydrogen-bond acceptors (Lipinski definition) is 4. The zero-order chi connectivity index (χ0) is 15.2. The Morgan fingerprint density at radius 2 is 2.19 bits per heavy atom. The lowest BCUT2D eigenvalue weighted by molar-refractivity contribution is 0.0784. The number of rotatable bonds is 6. The van der Waals surface area contributed by atoms with E-state index in [1.54, 1.807) is 25.3 Å². The van der Waals surface area contributed by atoms with Crippen LogP contribution in [0.1, 0.15) is 16.1 Å². The molecule has 1 heterocycles. The number of ether oxygens (including phenoxy) is 1. The number of aromatic nitrogens is 1. The van der Waals surface area contributed by atoms with Gasteiger partial charge in [0.25, 0.3) is 5.91 Å². The molecule has 0 fully saturated rings. The van der Waals surface area contributed by atoms with E-state index >= 15 is 0 Å². The van der Waals surface area contributed by atoms with Crippen molar-refractivity contribution >= 4 is 28.8 Å². The van der Waals surface area contributed by atoms with Gasteiger partial charge in [-0.15, -0.1) is 11.3 Å². The molecule has 0 N–H and O–H groups in total. The summed E-state index contributed by atoms with van der Waals surface area (Å²) < 4.78 is 4.99. The molecule has 1 amide bonds. The number of hydrogen-bond donors (Lipinski definition) is 0. The lowest BCUT2D eigenvalue weighted by Crippen LogP contribution is -2.27. The molecule has 0 bridgehead atoms. The Hall–Kier alpha value is -1.43. The normalized spacial score (nSPS) is 10.6. The number of halogens is 1. The second-order valence-corrected chi connectivity index (χ2v) is 6.02. The van der Waals surface area contributed by atoms with Crippen molar-refractivity contribution in [1.82, 2.24) is 9.88 Å². The predicted molar refractivity (Wildman–Crippen MR) is 86.0 cm³/mol. The number of thiazole rings is 1. The van der Waals surface area contributed by atoms with Gasteiger partial charge in [-0.1, -0.05) is 29.8 Å². The molecule has 1 aromatic heterocycles. The molecule has 112 valence electrons. The van der Waals surface area contributed by atoms with Crippen LogP contribution in [0.5, 0.6) is 0 Å². The number of amides is 1. The van der Waals surface area contributed by atoms with Crippen molar-refractivity contribution in [2.24, 2.45) is 0 Å². The molecule has 0 aliphatic heterocycles. The molecule has 21 heavy (non-hydrogen) atoms. The number of carbonyl (C=O) groups excluding carboxylic acids is 1. The SMILES string of the molecule is COCCCN(C)C(=O)c1cnc(-c2ccccc2Cl)s1. The molecule has 2 rings (SSSR count). The lowest BCUT2D eigenvalue weighted by Gasteiger charge is -2.15. The van der Waals surface area contributed by atoms with Crippen LogP contribution in [0.4, 0.5) is 0 Å². The maximum Gasteiger partial charge on any atom is 0.265 e. The highest BCUT2D eigenvalue weighted by Crippen LogP contribution is 2.31. The highest BCUT2D eigenvalue weighted by molar-refractivity contribution is 7.17. The van der Waals surface area contributed by atoms with E-state index in [1.807, 2.05) is 24.3 Å². The van der Waals surface area contributed by atoms with Crippen LogP contribution in [0.2, 0.25) is 5.02 Å². The van der Waals surface area contributed by atoms with Gasteiger partial charge >= 0.3 is 0 Å². The first kappa shape index (κ1) is 15.9. The minimum atomic E-state index is -0.0260. The van der Waals surface area contributed by atoms with Gasteiger partial charge in [-0.25, -0.2) is 4.98 Å². The molecule has 0 aliphatic rings. The van der Waals surface area contributed by atoms with E-state index in [4.69, 9.17) is 16.3 Å². The standard InChI is InChI=1S/C15H17ClN2O2S/c1-18(8-5-9-20-2)15(19)13-10-17-14(21-13)11-6-3-4-7-12(11)16/h3-4,6-7,10H,5,8-9H2,1-2H3. The van der Waals surface area contributed by atoms with Gasteiger partial charge in [-0.05, 0) is 12.5 Å². The van der Waals surface area contributed by atoms with Crippen LogP contribution in [0.15, 0.2) is 30.5 Å². The zero-order valence-corrected chi connectivity index (χ0v) is 13.6. The molecule has 0 saturated heterocycles. The maximum absolute atomic E-state index is 12.3. The van der Waals surface area contributed by atoms with Gasteiger partial charge < -0.3 is 9.64 Å². The Bertz CT molecular complexity index is 615. The Balaban J connectivity index is 2.09. The molecule has 2 aromatic rings. The van der Waals surface area contributed by atoms with Gasteiger partial charge in [0.2, 0.25) is 0 Å². The third-order valence-electron chi connectivity index (χ3n) is 3.01. The minimum Gasteiger partial charge on any atom is -0.385 e. The summed E-state index contributed by atoms with van der Waals surface area (Å²) in [4.78, 5) is 18.9. The molecule has 1 aromatic carbocycles. The molecule has 0 radical (unpaired) electrons. The van der Waals surface area contributed by atoms with Crippen molar-refractivity contribution in [3.05, 3.63) is 40.4 Å². The third-order valence-corrected chi connectivity index (χ3v) is 4.36. The van der Waals surface area contributed by atoms with Crippen LogP contribution in [0.25, 0.3) is 10.6 Å². The number of benzene rings is 1. The Labute approximate surface area is 133 Å². The third kappa shape index (κ3) is 4.03. The van der Waals surface area contributed by atoms with E-state index in [2.05, 4.69) is 4.98 Å². The zero-order valence-electron chi connectivity index (χ0n) is 12.0.